The molecule has 1 aromatic heterocycles. The Morgan fingerprint density at radius 2 is 2.05 bits per heavy atom. The minimum Gasteiger partial charge on any atom is -0.369 e. The molecule has 0 radical (unpaired) electrons. The van der Waals surface area contributed by atoms with Gasteiger partial charge in [0.15, 0.2) is 0 Å². The average molecular weight is 289 g/mol. The minimum atomic E-state index is -0.374. The van der Waals surface area contributed by atoms with Crippen molar-refractivity contribution in [3.05, 3.63) is 65.9 Å². The fourth-order valence-electron chi connectivity index (χ4n) is 2.91. The Balaban J connectivity index is 1.78. The summed E-state index contributed by atoms with van der Waals surface area (Å²) in [4.78, 5) is 16.6. The number of benzene rings is 2. The van der Waals surface area contributed by atoms with Gasteiger partial charge in [-0.2, -0.15) is 0 Å². The number of rotatable bonds is 2. The first-order chi connectivity index (χ1) is 10.7. The first kappa shape index (κ1) is 12.8. The van der Waals surface area contributed by atoms with Crippen molar-refractivity contribution in [3.8, 4) is 0 Å². The monoisotopic (exact) mass is 289 g/mol. The lowest BCUT2D eigenvalue weighted by atomic mass is 10.0. The van der Waals surface area contributed by atoms with E-state index >= 15 is 0 Å². The van der Waals surface area contributed by atoms with Gasteiger partial charge in [0, 0.05) is 28.5 Å². The zero-order chi connectivity index (χ0) is 15.1. The number of carbonyl (C=O) groups excluding carboxylic acids is 1. The third-order valence-corrected chi connectivity index (χ3v) is 3.98. The second-order valence-electron chi connectivity index (χ2n) is 5.53. The molecule has 4 nitrogen and oxygen atoms in total. The van der Waals surface area contributed by atoms with E-state index in [9.17, 15) is 4.79 Å². The van der Waals surface area contributed by atoms with Crippen molar-refractivity contribution in [2.45, 2.75) is 13.0 Å². The predicted octanol–water partition coefficient (Wildman–Crippen LogP) is 3.65. The molecule has 0 fully saturated rings. The summed E-state index contributed by atoms with van der Waals surface area (Å²) in [5.74, 6) is -0.0264. The van der Waals surface area contributed by atoms with Crippen LogP contribution in [0.15, 0.2) is 54.7 Å². The molecule has 2 heterocycles. The highest BCUT2D eigenvalue weighted by atomic mass is 16.2. The quantitative estimate of drug-likeness (QED) is 0.757. The van der Waals surface area contributed by atoms with Crippen LogP contribution in [0.2, 0.25) is 0 Å². The van der Waals surface area contributed by atoms with Crippen LogP contribution in [0.1, 0.15) is 17.2 Å². The Hall–Kier alpha value is -2.88. The van der Waals surface area contributed by atoms with Gasteiger partial charge in [-0.1, -0.05) is 23.8 Å². The Morgan fingerprint density at radius 3 is 2.95 bits per heavy atom. The first-order valence-electron chi connectivity index (χ1n) is 7.24. The van der Waals surface area contributed by atoms with Crippen molar-refractivity contribution in [2.24, 2.45) is 0 Å². The number of nitrogens with zero attached hydrogens (tertiary/aromatic N) is 1. The van der Waals surface area contributed by atoms with E-state index in [1.807, 2.05) is 55.5 Å². The van der Waals surface area contributed by atoms with Crippen molar-refractivity contribution >= 4 is 28.2 Å². The molecule has 1 atom stereocenters. The van der Waals surface area contributed by atoms with Crippen LogP contribution in [0.3, 0.4) is 0 Å². The van der Waals surface area contributed by atoms with Gasteiger partial charge in [-0.05, 0) is 37.3 Å². The average Bonchev–Trinajstić information content (AvgIpc) is 2.83. The van der Waals surface area contributed by atoms with Gasteiger partial charge in [-0.15, -0.1) is 0 Å². The molecule has 0 saturated heterocycles. The Bertz CT molecular complexity index is 883. The summed E-state index contributed by atoms with van der Waals surface area (Å²) in [6, 6.07) is 15.4. The van der Waals surface area contributed by atoms with E-state index in [1.165, 1.54) is 0 Å². The summed E-state index contributed by atoms with van der Waals surface area (Å²) in [5.41, 5.74) is 4.84. The molecule has 0 bridgehead atoms. The van der Waals surface area contributed by atoms with Crippen LogP contribution < -0.4 is 10.6 Å². The van der Waals surface area contributed by atoms with Gasteiger partial charge in [-0.25, -0.2) is 0 Å². The summed E-state index contributed by atoms with van der Waals surface area (Å²) < 4.78 is 0. The van der Waals surface area contributed by atoms with Crippen molar-refractivity contribution in [1.29, 1.82) is 0 Å². The standard InChI is InChI=1S/C18H15N3O/c1-11-7-8-16-13(10-11)17(18(22)21-16)20-15-6-2-5-14-12(15)4-3-9-19-14/h2-10,17,20H,1H3,(H,21,22). The Kier molecular flexibility index (Phi) is 2.82. The van der Waals surface area contributed by atoms with Crippen molar-refractivity contribution in [1.82, 2.24) is 4.98 Å². The number of anilines is 2. The molecule has 0 saturated carbocycles. The molecule has 1 amide bonds. The molecule has 1 unspecified atom stereocenters. The Morgan fingerprint density at radius 1 is 1.14 bits per heavy atom. The molecule has 4 heteroatoms. The van der Waals surface area contributed by atoms with Gasteiger partial charge >= 0.3 is 0 Å². The van der Waals surface area contributed by atoms with Crippen LogP contribution in [-0.4, -0.2) is 10.9 Å². The van der Waals surface area contributed by atoms with E-state index in [2.05, 4.69) is 15.6 Å². The molecule has 22 heavy (non-hydrogen) atoms. The van der Waals surface area contributed by atoms with E-state index < -0.39 is 0 Å². The molecule has 3 aromatic rings. The van der Waals surface area contributed by atoms with E-state index in [4.69, 9.17) is 0 Å². The number of fused-ring (bicyclic) bond motifs is 2. The number of aryl methyl sites for hydroxylation is 1. The first-order valence-corrected chi connectivity index (χ1v) is 7.24. The molecule has 1 aliphatic rings. The third-order valence-electron chi connectivity index (χ3n) is 3.98. The highest BCUT2D eigenvalue weighted by molar-refractivity contribution is 6.05. The maximum atomic E-state index is 12.3. The van der Waals surface area contributed by atoms with Gasteiger partial charge in [0.2, 0.25) is 0 Å². The number of hydrogen-bond acceptors (Lipinski definition) is 3. The summed E-state index contributed by atoms with van der Waals surface area (Å²) in [5, 5.41) is 7.30. The zero-order valence-corrected chi connectivity index (χ0v) is 12.1. The number of aromatic nitrogens is 1. The van der Waals surface area contributed by atoms with Crippen molar-refractivity contribution < 1.29 is 4.79 Å². The summed E-state index contributed by atoms with van der Waals surface area (Å²) in [6.45, 7) is 2.03. The number of amides is 1. The van der Waals surface area contributed by atoms with E-state index in [-0.39, 0.29) is 11.9 Å². The molecule has 2 aromatic carbocycles. The van der Waals surface area contributed by atoms with Gasteiger partial charge in [0.25, 0.3) is 5.91 Å². The fourth-order valence-corrected chi connectivity index (χ4v) is 2.91. The molecular formula is C18H15N3O. The molecule has 108 valence electrons. The molecule has 0 spiro atoms. The van der Waals surface area contributed by atoms with E-state index in [0.29, 0.717) is 0 Å². The fraction of sp³-hybridized carbons (Fsp3) is 0.111. The summed E-state index contributed by atoms with van der Waals surface area (Å²) >= 11 is 0. The van der Waals surface area contributed by atoms with Crippen LogP contribution in [0, 0.1) is 6.92 Å². The van der Waals surface area contributed by atoms with Gasteiger partial charge in [0.05, 0.1) is 5.52 Å². The predicted molar refractivity (Wildman–Crippen MR) is 87.9 cm³/mol. The second-order valence-corrected chi connectivity index (χ2v) is 5.53. The topological polar surface area (TPSA) is 54.0 Å². The molecular weight excluding hydrogens is 274 g/mol. The highest BCUT2D eigenvalue weighted by Crippen LogP contribution is 2.35. The van der Waals surface area contributed by atoms with Gasteiger partial charge in [0.1, 0.15) is 6.04 Å². The molecule has 1 aliphatic heterocycles. The molecule has 2 N–H and O–H groups in total. The maximum Gasteiger partial charge on any atom is 0.251 e. The number of carbonyl (C=O) groups is 1. The molecule has 4 rings (SSSR count). The number of nitrogens with one attached hydrogen (secondary N) is 2. The maximum absolute atomic E-state index is 12.3. The number of hydrogen-bond donors (Lipinski definition) is 2. The highest BCUT2D eigenvalue weighted by Gasteiger charge is 2.30. The lowest BCUT2D eigenvalue weighted by Crippen LogP contribution is -2.19. The van der Waals surface area contributed by atoms with Crippen molar-refractivity contribution in [3.63, 3.8) is 0 Å². The van der Waals surface area contributed by atoms with Crippen LogP contribution in [0.4, 0.5) is 11.4 Å². The lowest BCUT2D eigenvalue weighted by Gasteiger charge is -2.15. The van der Waals surface area contributed by atoms with Crippen LogP contribution >= 0.6 is 0 Å². The van der Waals surface area contributed by atoms with E-state index in [0.717, 1.165) is 33.4 Å². The van der Waals surface area contributed by atoms with Crippen LogP contribution in [-0.2, 0) is 4.79 Å². The van der Waals surface area contributed by atoms with Gasteiger partial charge < -0.3 is 10.6 Å². The summed E-state index contributed by atoms with van der Waals surface area (Å²) in [7, 11) is 0. The van der Waals surface area contributed by atoms with Crippen molar-refractivity contribution in [2.75, 3.05) is 10.6 Å². The minimum absolute atomic E-state index is 0.0264. The van der Waals surface area contributed by atoms with Gasteiger partial charge in [-0.3, -0.25) is 9.78 Å². The number of pyridine rings is 1. The normalized spacial score (nSPS) is 16.4. The van der Waals surface area contributed by atoms with Crippen LogP contribution in [0.5, 0.6) is 0 Å². The molecule has 0 aliphatic carbocycles. The third kappa shape index (κ3) is 2.00. The van der Waals surface area contributed by atoms with Crippen LogP contribution in [0.25, 0.3) is 10.9 Å². The lowest BCUT2D eigenvalue weighted by molar-refractivity contribution is -0.116. The summed E-state index contributed by atoms with van der Waals surface area (Å²) in [6.07, 6.45) is 1.77. The SMILES string of the molecule is Cc1ccc2c(c1)C(Nc1cccc3ncccc13)C(=O)N2. The smallest absolute Gasteiger partial charge is 0.251 e. The largest absolute Gasteiger partial charge is 0.369 e. The zero-order valence-electron chi connectivity index (χ0n) is 12.1. The Labute approximate surface area is 128 Å². The second kappa shape index (κ2) is 4.84. The van der Waals surface area contributed by atoms with E-state index in [1.54, 1.807) is 6.20 Å².